The van der Waals surface area contributed by atoms with Crippen molar-refractivity contribution in [1.82, 2.24) is 9.04 Å². The molecule has 12 heteroatoms. The molecule has 3 aromatic rings. The van der Waals surface area contributed by atoms with Gasteiger partial charge in [0.05, 0.1) is 12.1 Å². The number of carbonyl (C=O) groups is 1. The van der Waals surface area contributed by atoms with Crippen LogP contribution in [-0.4, -0.2) is 49.8 Å². The molecule has 0 radical (unpaired) electrons. The van der Waals surface area contributed by atoms with Crippen molar-refractivity contribution in [2.75, 3.05) is 20.2 Å². The van der Waals surface area contributed by atoms with Gasteiger partial charge in [-0.3, -0.25) is 0 Å². The molecule has 156 valence electrons. The number of hydroxylamine groups is 2. The highest BCUT2D eigenvalue weighted by Crippen LogP contribution is 2.30. The molecular weight excluding hydrogens is 433 g/mol. The Balaban J connectivity index is 1.72. The van der Waals surface area contributed by atoms with Crippen LogP contribution in [0.4, 0.5) is 13.2 Å². The molecule has 1 aromatic carbocycles. The third-order valence-electron chi connectivity index (χ3n) is 3.80. The Kier molecular flexibility index (Phi) is 5.87. The van der Waals surface area contributed by atoms with Gasteiger partial charge in [0, 0.05) is 18.6 Å². The highest BCUT2D eigenvalue weighted by Gasteiger charge is 2.42. The van der Waals surface area contributed by atoms with Crippen molar-refractivity contribution in [1.29, 1.82) is 0 Å². The number of ether oxygens (including phenoxy) is 1. The fourth-order valence-corrected chi connectivity index (χ4v) is 4.91. The first-order valence-electron chi connectivity index (χ1n) is 8.13. The number of alkyl halides is 3. The third kappa shape index (κ3) is 4.54. The molecule has 0 aliphatic carbocycles. The minimum atomic E-state index is -5.09. The standard InChI is InChI=1S/C17H15F3N2O5S2/c1-21(27-16(23)17(18,19)20)9-10-26-14-5-2-4-13-12(14)7-8-22(13)29(24,25)15-6-3-11-28-15/h2-8,11H,9-10H2,1H3. The minimum Gasteiger partial charge on any atom is -0.491 e. The van der Waals surface area contributed by atoms with Crippen LogP contribution in [0.2, 0.25) is 0 Å². The number of benzene rings is 1. The fraction of sp³-hybridized carbons (Fsp3) is 0.235. The molecule has 0 aliphatic rings. The second-order valence-electron chi connectivity index (χ2n) is 5.81. The molecule has 0 spiro atoms. The maximum Gasteiger partial charge on any atom is 0.492 e. The lowest BCUT2D eigenvalue weighted by atomic mass is 10.2. The number of hydrogen-bond acceptors (Lipinski definition) is 7. The Bertz CT molecular complexity index is 1110. The zero-order valence-corrected chi connectivity index (χ0v) is 16.6. The van der Waals surface area contributed by atoms with Crippen molar-refractivity contribution in [2.24, 2.45) is 0 Å². The van der Waals surface area contributed by atoms with Crippen molar-refractivity contribution in [2.45, 2.75) is 10.4 Å². The quantitative estimate of drug-likeness (QED) is 0.517. The first-order valence-corrected chi connectivity index (χ1v) is 10.4. The number of likely N-dealkylation sites (N-methyl/N-ethyl adjacent to an activating group) is 1. The van der Waals surface area contributed by atoms with E-state index < -0.39 is 22.2 Å². The van der Waals surface area contributed by atoms with Crippen LogP contribution < -0.4 is 4.74 Å². The van der Waals surface area contributed by atoms with Gasteiger partial charge >= 0.3 is 12.1 Å². The van der Waals surface area contributed by atoms with E-state index >= 15 is 0 Å². The van der Waals surface area contributed by atoms with Crippen LogP contribution in [0, 0.1) is 0 Å². The molecular formula is C17H15F3N2O5S2. The van der Waals surface area contributed by atoms with Crippen molar-refractivity contribution in [3.8, 4) is 5.75 Å². The molecule has 7 nitrogen and oxygen atoms in total. The molecule has 29 heavy (non-hydrogen) atoms. The van der Waals surface area contributed by atoms with E-state index in [1.807, 2.05) is 0 Å². The van der Waals surface area contributed by atoms with Crippen molar-refractivity contribution >= 4 is 38.2 Å². The summed E-state index contributed by atoms with van der Waals surface area (Å²) in [7, 11) is -2.59. The van der Waals surface area contributed by atoms with Crippen LogP contribution >= 0.6 is 11.3 Å². The lowest BCUT2D eigenvalue weighted by Gasteiger charge is -2.17. The molecule has 0 N–H and O–H groups in total. The number of aromatic nitrogens is 1. The van der Waals surface area contributed by atoms with E-state index in [1.165, 1.54) is 12.3 Å². The van der Waals surface area contributed by atoms with E-state index in [9.17, 15) is 26.4 Å². The van der Waals surface area contributed by atoms with Crippen LogP contribution in [-0.2, 0) is 19.7 Å². The van der Waals surface area contributed by atoms with Crippen molar-refractivity contribution in [3.05, 3.63) is 48.0 Å². The number of hydrogen-bond donors (Lipinski definition) is 0. The lowest BCUT2D eigenvalue weighted by molar-refractivity contribution is -0.234. The van der Waals surface area contributed by atoms with Crippen LogP contribution in [0.25, 0.3) is 10.9 Å². The van der Waals surface area contributed by atoms with Crippen molar-refractivity contribution < 1.29 is 36.0 Å². The Morgan fingerprint density at radius 1 is 1.21 bits per heavy atom. The Labute approximate surface area is 167 Å². The lowest BCUT2D eigenvalue weighted by Crippen LogP contribution is -2.34. The van der Waals surface area contributed by atoms with Gasteiger partial charge in [0.1, 0.15) is 16.6 Å². The van der Waals surface area contributed by atoms with Gasteiger partial charge in [0.2, 0.25) is 0 Å². The Morgan fingerprint density at radius 2 is 1.97 bits per heavy atom. The number of thiophene rings is 1. The first kappa shape index (κ1) is 21.1. The predicted octanol–water partition coefficient (Wildman–Crippen LogP) is 3.27. The van der Waals surface area contributed by atoms with Gasteiger partial charge in [0.25, 0.3) is 10.0 Å². The van der Waals surface area contributed by atoms with Crippen LogP contribution in [0.3, 0.4) is 0 Å². The number of fused-ring (bicyclic) bond motifs is 1. The molecule has 0 unspecified atom stereocenters. The summed E-state index contributed by atoms with van der Waals surface area (Å²) in [5.74, 6) is -1.98. The van der Waals surface area contributed by atoms with Crippen LogP contribution in [0.1, 0.15) is 0 Å². The zero-order valence-electron chi connectivity index (χ0n) is 14.9. The summed E-state index contributed by atoms with van der Waals surface area (Å²) in [6, 6.07) is 9.54. The summed E-state index contributed by atoms with van der Waals surface area (Å²) in [4.78, 5) is 14.9. The second-order valence-corrected chi connectivity index (χ2v) is 8.80. The van der Waals surface area contributed by atoms with E-state index in [2.05, 4.69) is 4.84 Å². The number of carbonyl (C=O) groups excluding carboxylic acids is 1. The van der Waals surface area contributed by atoms with E-state index in [0.717, 1.165) is 22.4 Å². The van der Waals surface area contributed by atoms with Gasteiger partial charge in [-0.1, -0.05) is 12.1 Å². The summed E-state index contributed by atoms with van der Waals surface area (Å²) < 4.78 is 69.0. The molecule has 0 amide bonds. The monoisotopic (exact) mass is 448 g/mol. The Hall–Kier alpha value is -2.57. The molecule has 0 saturated heterocycles. The van der Waals surface area contributed by atoms with E-state index in [1.54, 1.807) is 35.7 Å². The first-order chi connectivity index (χ1) is 13.6. The van der Waals surface area contributed by atoms with E-state index in [0.29, 0.717) is 21.7 Å². The van der Waals surface area contributed by atoms with E-state index in [-0.39, 0.29) is 17.4 Å². The maximum absolute atomic E-state index is 12.8. The second kappa shape index (κ2) is 8.05. The van der Waals surface area contributed by atoms with Crippen LogP contribution in [0.5, 0.6) is 5.75 Å². The molecule has 2 heterocycles. The van der Waals surface area contributed by atoms with Crippen LogP contribution in [0.15, 0.2) is 52.2 Å². The molecule has 0 saturated carbocycles. The van der Waals surface area contributed by atoms with Crippen molar-refractivity contribution in [3.63, 3.8) is 0 Å². The summed E-state index contributed by atoms with van der Waals surface area (Å²) in [5, 5.41) is 2.89. The molecule has 0 bridgehead atoms. The Morgan fingerprint density at radius 3 is 2.62 bits per heavy atom. The number of nitrogens with zero attached hydrogens (tertiary/aromatic N) is 2. The molecule has 0 fully saturated rings. The maximum atomic E-state index is 12.8. The summed E-state index contributed by atoms with van der Waals surface area (Å²) in [6.07, 6.45) is -3.68. The minimum absolute atomic E-state index is 0.0936. The normalized spacial score (nSPS) is 12.4. The highest BCUT2D eigenvalue weighted by atomic mass is 32.2. The van der Waals surface area contributed by atoms with Gasteiger partial charge in [-0.15, -0.1) is 16.4 Å². The topological polar surface area (TPSA) is 77.8 Å². The predicted molar refractivity (Wildman–Crippen MR) is 99.1 cm³/mol. The smallest absolute Gasteiger partial charge is 0.491 e. The largest absolute Gasteiger partial charge is 0.492 e. The number of rotatable bonds is 7. The van der Waals surface area contributed by atoms with E-state index in [4.69, 9.17) is 4.74 Å². The fourth-order valence-electron chi connectivity index (χ4n) is 2.48. The molecule has 0 aliphatic heterocycles. The van der Waals surface area contributed by atoms with Gasteiger partial charge in [-0.05, 0) is 29.6 Å². The zero-order chi connectivity index (χ0) is 21.2. The number of halogens is 3. The molecule has 0 atom stereocenters. The summed E-state index contributed by atoms with van der Waals surface area (Å²) >= 11 is 1.10. The molecule has 2 aromatic heterocycles. The SMILES string of the molecule is CN(CCOc1cccc2c1ccn2S(=O)(=O)c1cccs1)OC(=O)C(F)(F)F. The average molecular weight is 448 g/mol. The highest BCUT2D eigenvalue weighted by molar-refractivity contribution is 7.92. The third-order valence-corrected chi connectivity index (χ3v) is 6.86. The van der Waals surface area contributed by atoms with Gasteiger partial charge < -0.3 is 9.57 Å². The van der Waals surface area contributed by atoms with Gasteiger partial charge in [-0.25, -0.2) is 8.77 Å². The van der Waals surface area contributed by atoms with Gasteiger partial charge in [0.15, 0.2) is 0 Å². The van der Waals surface area contributed by atoms with Gasteiger partial charge in [-0.2, -0.15) is 21.6 Å². The summed E-state index contributed by atoms with van der Waals surface area (Å²) in [5.41, 5.74) is 0.396. The molecule has 3 rings (SSSR count). The average Bonchev–Trinajstić information content (AvgIpc) is 3.31. The summed E-state index contributed by atoms with van der Waals surface area (Å²) in [6.45, 7) is -0.226.